The van der Waals surface area contributed by atoms with Gasteiger partial charge in [-0.2, -0.15) is 11.8 Å². The van der Waals surface area contributed by atoms with Crippen molar-refractivity contribution in [3.63, 3.8) is 0 Å². The molecular formula is C14H24N2O2S. The van der Waals surface area contributed by atoms with Crippen LogP contribution < -0.4 is 5.32 Å². The molecule has 0 aromatic rings. The van der Waals surface area contributed by atoms with Crippen molar-refractivity contribution in [2.75, 3.05) is 6.26 Å². The Balaban J connectivity index is 2.18. The zero-order chi connectivity index (χ0) is 14.0. The van der Waals surface area contributed by atoms with E-state index in [4.69, 9.17) is 0 Å². The maximum atomic E-state index is 12.6. The summed E-state index contributed by atoms with van der Waals surface area (Å²) in [6.45, 7) is 3.93. The van der Waals surface area contributed by atoms with Crippen molar-refractivity contribution in [1.82, 2.24) is 10.2 Å². The highest BCUT2D eigenvalue weighted by atomic mass is 32.2. The number of amides is 2. The molecule has 4 atom stereocenters. The van der Waals surface area contributed by atoms with Crippen molar-refractivity contribution in [3.8, 4) is 0 Å². The third-order valence-corrected chi connectivity index (χ3v) is 5.48. The second kappa shape index (κ2) is 6.16. The number of carbonyl (C=O) groups is 2. The van der Waals surface area contributed by atoms with Gasteiger partial charge in [-0.05, 0) is 38.4 Å². The molecule has 19 heavy (non-hydrogen) atoms. The van der Waals surface area contributed by atoms with E-state index in [0.29, 0.717) is 18.1 Å². The molecule has 4 nitrogen and oxygen atoms in total. The summed E-state index contributed by atoms with van der Waals surface area (Å²) in [5.74, 6) is 0.155. The largest absolute Gasteiger partial charge is 0.343 e. The minimum Gasteiger partial charge on any atom is -0.343 e. The fourth-order valence-electron chi connectivity index (χ4n) is 3.27. The summed E-state index contributed by atoms with van der Waals surface area (Å²) in [6, 6.07) is -0.320. The van der Waals surface area contributed by atoms with Crippen molar-refractivity contribution < 1.29 is 9.59 Å². The molecule has 5 heteroatoms. The lowest BCUT2D eigenvalue weighted by Gasteiger charge is -2.42. The fourth-order valence-corrected chi connectivity index (χ4v) is 4.05. The maximum absolute atomic E-state index is 12.6. The summed E-state index contributed by atoms with van der Waals surface area (Å²) in [5.41, 5.74) is 0. The zero-order valence-corrected chi connectivity index (χ0v) is 12.8. The highest BCUT2D eigenvalue weighted by Crippen LogP contribution is 2.34. The number of nitrogens with one attached hydrogen (secondary N) is 1. The molecule has 2 fully saturated rings. The van der Waals surface area contributed by atoms with Crippen LogP contribution in [-0.2, 0) is 9.59 Å². The van der Waals surface area contributed by atoms with Crippen LogP contribution in [0.15, 0.2) is 0 Å². The van der Waals surface area contributed by atoms with E-state index in [1.165, 1.54) is 0 Å². The number of rotatable bonds is 4. The Morgan fingerprint density at radius 2 is 2.00 bits per heavy atom. The predicted molar refractivity (Wildman–Crippen MR) is 78.1 cm³/mol. The molecule has 2 amide bonds. The van der Waals surface area contributed by atoms with Gasteiger partial charge in [0.05, 0.1) is 0 Å². The first kappa shape index (κ1) is 14.7. The van der Waals surface area contributed by atoms with Crippen LogP contribution in [0.5, 0.6) is 0 Å². The van der Waals surface area contributed by atoms with Crippen LogP contribution in [0.2, 0.25) is 0 Å². The van der Waals surface area contributed by atoms with Crippen LogP contribution >= 0.6 is 11.8 Å². The molecule has 1 saturated heterocycles. The van der Waals surface area contributed by atoms with Gasteiger partial charge in [0.2, 0.25) is 11.8 Å². The van der Waals surface area contributed by atoms with Gasteiger partial charge in [-0.3, -0.25) is 9.59 Å². The molecule has 2 rings (SSSR count). The van der Waals surface area contributed by atoms with Gasteiger partial charge in [-0.15, -0.1) is 0 Å². The maximum Gasteiger partial charge on any atom is 0.246 e. The Labute approximate surface area is 119 Å². The Bertz CT molecular complexity index is 361. The Morgan fingerprint density at radius 3 is 2.53 bits per heavy atom. The molecule has 0 radical (unpaired) electrons. The average Bonchev–Trinajstić information content (AvgIpc) is 2.88. The van der Waals surface area contributed by atoms with Gasteiger partial charge in [0.1, 0.15) is 12.1 Å². The molecule has 1 N–H and O–H groups in total. The van der Waals surface area contributed by atoms with Gasteiger partial charge in [-0.25, -0.2) is 0 Å². The van der Waals surface area contributed by atoms with E-state index in [2.05, 4.69) is 11.6 Å². The van der Waals surface area contributed by atoms with Crippen molar-refractivity contribution in [1.29, 1.82) is 0 Å². The second-order valence-electron chi connectivity index (χ2n) is 5.46. The van der Waals surface area contributed by atoms with E-state index >= 15 is 0 Å². The lowest BCUT2D eigenvalue weighted by atomic mass is 10.00. The van der Waals surface area contributed by atoms with Crippen molar-refractivity contribution in [3.05, 3.63) is 0 Å². The monoisotopic (exact) mass is 284 g/mol. The molecule has 1 saturated carbocycles. The first-order valence-electron chi connectivity index (χ1n) is 7.27. The van der Waals surface area contributed by atoms with Crippen molar-refractivity contribution in [2.24, 2.45) is 0 Å². The second-order valence-corrected chi connectivity index (χ2v) is 6.60. The summed E-state index contributed by atoms with van der Waals surface area (Å²) in [4.78, 5) is 26.6. The minimum atomic E-state index is -0.316. The quantitative estimate of drug-likeness (QED) is 0.856. The summed E-state index contributed by atoms with van der Waals surface area (Å²) < 4.78 is 0. The first-order valence-corrected chi connectivity index (χ1v) is 8.56. The first-order chi connectivity index (χ1) is 9.12. The average molecular weight is 284 g/mol. The van der Waals surface area contributed by atoms with Crippen LogP contribution in [0.1, 0.15) is 46.0 Å². The Morgan fingerprint density at radius 1 is 1.26 bits per heavy atom. The van der Waals surface area contributed by atoms with Gasteiger partial charge in [0, 0.05) is 11.3 Å². The van der Waals surface area contributed by atoms with Crippen molar-refractivity contribution in [2.45, 2.75) is 69.3 Å². The van der Waals surface area contributed by atoms with Gasteiger partial charge in [0.15, 0.2) is 0 Å². The highest BCUT2D eigenvalue weighted by molar-refractivity contribution is 7.99. The third-order valence-electron chi connectivity index (χ3n) is 4.39. The molecule has 1 aliphatic carbocycles. The Kier molecular flexibility index (Phi) is 4.76. The summed E-state index contributed by atoms with van der Waals surface area (Å²) >= 11 is 1.88. The molecule has 108 valence electrons. The molecule has 0 spiro atoms. The van der Waals surface area contributed by atoms with Gasteiger partial charge < -0.3 is 10.2 Å². The lowest BCUT2D eigenvalue weighted by Crippen LogP contribution is -2.65. The minimum absolute atomic E-state index is 0.0292. The summed E-state index contributed by atoms with van der Waals surface area (Å²) in [5, 5.41) is 3.50. The standard InChI is InChI=1S/C14H24N2O2S/c1-4-11-14(18)16(12(5-2)13(17)15-11)9-6-7-10(8-9)19-3/h9-12H,4-8H2,1-3H3,(H,15,17). The van der Waals surface area contributed by atoms with Crippen molar-refractivity contribution >= 4 is 23.6 Å². The van der Waals surface area contributed by atoms with E-state index in [9.17, 15) is 9.59 Å². The number of thioether (sulfide) groups is 1. The summed E-state index contributed by atoms with van der Waals surface area (Å²) in [7, 11) is 0. The molecule has 4 unspecified atom stereocenters. The summed E-state index contributed by atoms with van der Waals surface area (Å²) in [6.07, 6.45) is 6.74. The predicted octanol–water partition coefficient (Wildman–Crippen LogP) is 1.79. The van der Waals surface area contributed by atoms with Crippen LogP contribution in [0.3, 0.4) is 0 Å². The SMILES string of the molecule is CCC1NC(=O)C(CC)N(C2CCC(SC)C2)C1=O. The van der Waals surface area contributed by atoms with E-state index in [1.807, 2.05) is 30.5 Å². The number of piperazine rings is 1. The van der Waals surface area contributed by atoms with E-state index in [-0.39, 0.29) is 29.9 Å². The molecule has 0 aromatic heterocycles. The van der Waals surface area contributed by atoms with Gasteiger partial charge in [0.25, 0.3) is 0 Å². The molecule has 1 aliphatic heterocycles. The lowest BCUT2D eigenvalue weighted by molar-refractivity contribution is -0.152. The normalized spacial score (nSPS) is 35.6. The molecule has 0 bridgehead atoms. The zero-order valence-electron chi connectivity index (χ0n) is 12.0. The molecule has 1 heterocycles. The number of hydrogen-bond acceptors (Lipinski definition) is 3. The fraction of sp³-hybridized carbons (Fsp3) is 0.857. The molecular weight excluding hydrogens is 260 g/mol. The highest BCUT2D eigenvalue weighted by Gasteiger charge is 2.44. The number of hydrogen-bond donors (Lipinski definition) is 1. The van der Waals surface area contributed by atoms with Crippen LogP contribution in [0.4, 0.5) is 0 Å². The third kappa shape index (κ3) is 2.76. The van der Waals surface area contributed by atoms with E-state index < -0.39 is 0 Å². The van der Waals surface area contributed by atoms with Crippen LogP contribution in [0, 0.1) is 0 Å². The smallest absolute Gasteiger partial charge is 0.246 e. The van der Waals surface area contributed by atoms with Gasteiger partial charge >= 0.3 is 0 Å². The van der Waals surface area contributed by atoms with E-state index in [0.717, 1.165) is 19.3 Å². The van der Waals surface area contributed by atoms with E-state index in [1.54, 1.807) is 0 Å². The molecule has 2 aliphatic rings. The topological polar surface area (TPSA) is 49.4 Å². The van der Waals surface area contributed by atoms with Gasteiger partial charge in [-0.1, -0.05) is 13.8 Å². The van der Waals surface area contributed by atoms with Crippen LogP contribution in [-0.4, -0.2) is 46.3 Å². The number of carbonyl (C=O) groups excluding carboxylic acids is 2. The molecule has 0 aromatic carbocycles. The Hall–Kier alpha value is -0.710. The number of nitrogens with zero attached hydrogens (tertiary/aromatic N) is 1. The van der Waals surface area contributed by atoms with Crippen LogP contribution in [0.25, 0.3) is 0 Å².